The van der Waals surface area contributed by atoms with Crippen LogP contribution in [0, 0.1) is 0 Å². The van der Waals surface area contributed by atoms with Crippen LogP contribution >= 0.6 is 11.9 Å². The molecule has 27 heavy (non-hydrogen) atoms. The largest absolute Gasteiger partial charge is 0.494 e. The zero-order valence-corrected chi connectivity index (χ0v) is 16.4. The van der Waals surface area contributed by atoms with Gasteiger partial charge in [0.1, 0.15) is 17.6 Å². The van der Waals surface area contributed by atoms with Crippen molar-refractivity contribution in [2.75, 3.05) is 19.7 Å². The van der Waals surface area contributed by atoms with Crippen LogP contribution in [-0.4, -0.2) is 25.7 Å². The molecule has 0 aliphatic carbocycles. The van der Waals surface area contributed by atoms with Gasteiger partial charge in [-0.05, 0) is 43.0 Å². The molecule has 0 atom stereocenters. The van der Waals surface area contributed by atoms with Gasteiger partial charge in [0, 0.05) is 13.1 Å². The van der Waals surface area contributed by atoms with Crippen LogP contribution in [0.2, 0.25) is 0 Å². The molecule has 2 aromatic rings. The van der Waals surface area contributed by atoms with Gasteiger partial charge >= 0.3 is 5.97 Å². The Bertz CT molecular complexity index is 714. The smallest absolute Gasteiger partial charge is 0.326 e. The minimum atomic E-state index is -0.426. The van der Waals surface area contributed by atoms with Crippen molar-refractivity contribution >= 4 is 23.9 Å². The number of nitrogens with one attached hydrogen (secondary N) is 1. The van der Waals surface area contributed by atoms with E-state index in [1.54, 1.807) is 0 Å². The third-order valence-corrected chi connectivity index (χ3v) is 4.18. The molecule has 2 rings (SSSR count). The van der Waals surface area contributed by atoms with Gasteiger partial charge in [-0.2, -0.15) is 0 Å². The molecule has 0 aliphatic heterocycles. The summed E-state index contributed by atoms with van der Waals surface area (Å²) in [5.41, 5.74) is 3.63. The fraction of sp³-hybridized carbons (Fsp3) is 0.318. The fourth-order valence-electron chi connectivity index (χ4n) is 2.62. The Morgan fingerprint density at radius 3 is 2.56 bits per heavy atom. The highest BCUT2D eigenvalue weighted by atomic mass is 35.5. The first-order chi connectivity index (χ1) is 13.2. The Kier molecular flexibility index (Phi) is 9.45. The van der Waals surface area contributed by atoms with Crippen LogP contribution in [0.25, 0.3) is 6.08 Å². The Morgan fingerprint density at radius 2 is 1.85 bits per heavy atom. The molecule has 0 bridgehead atoms. The van der Waals surface area contributed by atoms with Crippen molar-refractivity contribution in [1.29, 1.82) is 0 Å². The number of rotatable bonds is 11. The lowest BCUT2D eigenvalue weighted by Crippen LogP contribution is -2.20. The third kappa shape index (κ3) is 8.76. The Hall–Kier alpha value is -2.30. The molecule has 0 aromatic heterocycles. The first-order valence-corrected chi connectivity index (χ1v) is 9.44. The first kappa shape index (κ1) is 21.0. The second kappa shape index (κ2) is 12.2. The summed E-state index contributed by atoms with van der Waals surface area (Å²) in [6.07, 6.45) is 4.38. The van der Waals surface area contributed by atoms with Crippen molar-refractivity contribution in [3.63, 3.8) is 0 Å². The highest BCUT2D eigenvalue weighted by Gasteiger charge is 2.01. The Labute approximate surface area is 166 Å². The van der Waals surface area contributed by atoms with Crippen LogP contribution in [-0.2, 0) is 15.5 Å². The van der Waals surface area contributed by atoms with Gasteiger partial charge in [0.2, 0.25) is 0 Å². The third-order valence-electron chi connectivity index (χ3n) is 4.01. The van der Waals surface area contributed by atoms with E-state index in [9.17, 15) is 4.79 Å². The van der Waals surface area contributed by atoms with Gasteiger partial charge in [0.25, 0.3) is 0 Å². The van der Waals surface area contributed by atoms with Crippen LogP contribution < -0.4 is 10.1 Å². The van der Waals surface area contributed by atoms with Gasteiger partial charge in [-0.3, -0.25) is 4.79 Å². The molecule has 144 valence electrons. The van der Waals surface area contributed by atoms with E-state index < -0.39 is 5.97 Å². The van der Waals surface area contributed by atoms with Gasteiger partial charge in [-0.25, -0.2) is 0 Å². The first-order valence-electron chi connectivity index (χ1n) is 9.13. The maximum Gasteiger partial charge on any atom is 0.326 e. The second-order valence-corrected chi connectivity index (χ2v) is 6.53. The van der Waals surface area contributed by atoms with Crippen molar-refractivity contribution in [2.24, 2.45) is 0 Å². The molecule has 4 nitrogen and oxygen atoms in total. The number of ether oxygens (including phenoxy) is 1. The normalized spacial score (nSPS) is 11.3. The van der Waals surface area contributed by atoms with E-state index in [2.05, 4.69) is 39.9 Å². The van der Waals surface area contributed by atoms with E-state index in [1.165, 1.54) is 11.1 Å². The molecule has 0 radical (unpaired) electrons. The molecular weight excluding hydrogens is 362 g/mol. The van der Waals surface area contributed by atoms with Crippen molar-refractivity contribution in [3.05, 3.63) is 71.3 Å². The Morgan fingerprint density at radius 1 is 1.11 bits per heavy atom. The highest BCUT2D eigenvalue weighted by Crippen LogP contribution is 2.15. The Balaban J connectivity index is 1.68. The van der Waals surface area contributed by atoms with Gasteiger partial charge in [-0.1, -0.05) is 54.1 Å². The number of hydrogen-bond donors (Lipinski definition) is 1. The molecule has 0 fully saturated rings. The number of hydrogen-bond acceptors (Lipinski definition) is 4. The molecule has 0 saturated heterocycles. The minimum Gasteiger partial charge on any atom is -0.494 e. The molecule has 0 heterocycles. The molecule has 0 spiro atoms. The van der Waals surface area contributed by atoms with E-state index in [-0.39, 0.29) is 6.42 Å². The molecule has 5 heteroatoms. The van der Waals surface area contributed by atoms with E-state index >= 15 is 0 Å². The summed E-state index contributed by atoms with van der Waals surface area (Å²) in [5.74, 6) is 0.459. The SMILES string of the molecule is C/C(=C\c1ccc(OCCCc2ccccc2)cc1)CNCCC(=O)OCl. The minimum absolute atomic E-state index is 0.257. The lowest BCUT2D eigenvalue weighted by molar-refractivity contribution is -0.133. The van der Waals surface area contributed by atoms with Crippen LogP contribution in [0.3, 0.4) is 0 Å². The van der Waals surface area contributed by atoms with E-state index in [0.29, 0.717) is 19.7 Å². The average Bonchev–Trinajstić information content (AvgIpc) is 2.70. The van der Waals surface area contributed by atoms with Crippen molar-refractivity contribution in [3.8, 4) is 5.75 Å². The standard InChI is InChI=1S/C22H26ClNO3/c1-18(17-24-14-13-22(25)27-23)16-20-9-11-21(12-10-20)26-15-5-8-19-6-3-2-4-7-19/h2-4,6-7,9-12,16,24H,5,8,13-15,17H2,1H3/b18-16+. The lowest BCUT2D eigenvalue weighted by Gasteiger charge is -2.07. The predicted molar refractivity (Wildman–Crippen MR) is 110 cm³/mol. The summed E-state index contributed by atoms with van der Waals surface area (Å²) in [6.45, 7) is 3.98. The predicted octanol–water partition coefficient (Wildman–Crippen LogP) is 4.78. The van der Waals surface area contributed by atoms with E-state index in [1.807, 2.05) is 37.3 Å². The fourth-order valence-corrected chi connectivity index (χ4v) is 2.70. The molecule has 1 N–H and O–H groups in total. The monoisotopic (exact) mass is 387 g/mol. The maximum absolute atomic E-state index is 10.9. The quantitative estimate of drug-likeness (QED) is 0.564. The zero-order valence-electron chi connectivity index (χ0n) is 15.6. The van der Waals surface area contributed by atoms with Crippen molar-refractivity contribution in [2.45, 2.75) is 26.2 Å². The van der Waals surface area contributed by atoms with Gasteiger partial charge in [-0.15, -0.1) is 0 Å². The van der Waals surface area contributed by atoms with Crippen molar-refractivity contribution in [1.82, 2.24) is 5.32 Å². The molecule has 0 unspecified atom stereocenters. The van der Waals surface area contributed by atoms with E-state index in [4.69, 9.17) is 16.6 Å². The topological polar surface area (TPSA) is 47.6 Å². The summed E-state index contributed by atoms with van der Waals surface area (Å²) < 4.78 is 9.90. The average molecular weight is 388 g/mol. The molecule has 0 aliphatic rings. The zero-order chi connectivity index (χ0) is 19.3. The van der Waals surface area contributed by atoms with Gasteiger partial charge in [0.15, 0.2) is 0 Å². The van der Waals surface area contributed by atoms with Crippen LogP contribution in [0.1, 0.15) is 30.9 Å². The number of aryl methyl sites for hydroxylation is 1. The van der Waals surface area contributed by atoms with Crippen LogP contribution in [0.5, 0.6) is 5.75 Å². The number of benzene rings is 2. The second-order valence-electron chi connectivity index (χ2n) is 6.37. The molecule has 0 amide bonds. The summed E-state index contributed by atoms with van der Waals surface area (Å²) >= 11 is 4.98. The molecule has 0 saturated carbocycles. The van der Waals surface area contributed by atoms with Crippen LogP contribution in [0.4, 0.5) is 0 Å². The molecule has 2 aromatic carbocycles. The summed E-state index contributed by atoms with van der Waals surface area (Å²) in [7, 11) is 0. The summed E-state index contributed by atoms with van der Waals surface area (Å²) in [4.78, 5) is 10.9. The number of carbonyl (C=O) groups excluding carboxylic acids is 1. The van der Waals surface area contributed by atoms with Gasteiger partial charge < -0.3 is 14.3 Å². The van der Waals surface area contributed by atoms with E-state index in [0.717, 1.165) is 24.2 Å². The maximum atomic E-state index is 10.9. The molecular formula is C22H26ClNO3. The van der Waals surface area contributed by atoms with Crippen LogP contribution in [0.15, 0.2) is 60.2 Å². The number of halogens is 1. The lowest BCUT2D eigenvalue weighted by atomic mass is 10.1. The summed E-state index contributed by atoms with van der Waals surface area (Å²) in [6, 6.07) is 18.5. The highest BCUT2D eigenvalue weighted by molar-refractivity contribution is 6.13. The summed E-state index contributed by atoms with van der Waals surface area (Å²) in [5, 5.41) is 3.18. The number of carbonyl (C=O) groups is 1. The van der Waals surface area contributed by atoms with Crippen molar-refractivity contribution < 1.29 is 13.8 Å². The van der Waals surface area contributed by atoms with Gasteiger partial charge in [0.05, 0.1) is 13.0 Å².